The lowest BCUT2D eigenvalue weighted by Crippen LogP contribution is -2.28. The van der Waals surface area contributed by atoms with Crippen LogP contribution >= 0.6 is 11.3 Å². The van der Waals surface area contributed by atoms with Gasteiger partial charge in [0.1, 0.15) is 4.83 Å². The molecule has 5 nitrogen and oxygen atoms in total. The molecule has 0 aliphatic heterocycles. The van der Waals surface area contributed by atoms with E-state index in [4.69, 9.17) is 0 Å². The maximum Gasteiger partial charge on any atom is 0.262 e. The number of carbonyl (C=O) groups is 1. The number of nitrogens with one attached hydrogen (secondary N) is 1. The minimum atomic E-state index is -0.0526. The van der Waals surface area contributed by atoms with E-state index in [1.165, 1.54) is 15.9 Å². The highest BCUT2D eigenvalue weighted by molar-refractivity contribution is 7.18. The number of hydrogen-bond acceptors (Lipinski definition) is 4. The molecule has 1 amide bonds. The first-order valence-corrected chi connectivity index (χ1v) is 8.08. The Balaban J connectivity index is 2.09. The van der Waals surface area contributed by atoms with Gasteiger partial charge in [0, 0.05) is 24.4 Å². The molecule has 0 spiro atoms. The lowest BCUT2D eigenvalue weighted by Gasteiger charge is -2.06. The molecule has 1 N–H and O–H groups in total. The molecule has 0 aromatic carbocycles. The molecule has 0 unspecified atom stereocenters. The van der Waals surface area contributed by atoms with Crippen LogP contribution in [0.3, 0.4) is 0 Å². The van der Waals surface area contributed by atoms with Gasteiger partial charge in [-0.05, 0) is 25.8 Å². The third-order valence-electron chi connectivity index (χ3n) is 3.59. The highest BCUT2D eigenvalue weighted by Crippen LogP contribution is 2.25. The summed E-state index contributed by atoms with van der Waals surface area (Å²) >= 11 is 1.54. The van der Waals surface area contributed by atoms with Crippen LogP contribution < -0.4 is 10.9 Å². The monoisotopic (exact) mass is 307 g/mol. The minimum absolute atomic E-state index is 0.0198. The quantitative estimate of drug-likeness (QED) is 0.833. The van der Waals surface area contributed by atoms with Crippen molar-refractivity contribution in [2.24, 2.45) is 0 Å². The van der Waals surface area contributed by atoms with Gasteiger partial charge in [0.25, 0.3) is 5.56 Å². The van der Waals surface area contributed by atoms with Gasteiger partial charge in [-0.2, -0.15) is 0 Å². The summed E-state index contributed by atoms with van der Waals surface area (Å²) in [5.41, 5.74) is 0.942. The van der Waals surface area contributed by atoms with Crippen molar-refractivity contribution in [3.8, 4) is 0 Å². The smallest absolute Gasteiger partial charge is 0.262 e. The summed E-state index contributed by atoms with van der Waals surface area (Å²) in [5.74, 6) is -0.0198. The van der Waals surface area contributed by atoms with Gasteiger partial charge < -0.3 is 5.32 Å². The molecule has 0 radical (unpaired) electrons. The van der Waals surface area contributed by atoms with Crippen molar-refractivity contribution in [3.63, 3.8) is 0 Å². The Kier molecular flexibility index (Phi) is 5.12. The fourth-order valence-corrected chi connectivity index (χ4v) is 3.13. The highest BCUT2D eigenvalue weighted by atomic mass is 32.1. The average Bonchev–Trinajstić information content (AvgIpc) is 2.74. The SMILES string of the molecule is CCCCNC(=O)CCn1cnc2sc(C)c(C)c2c1=O. The summed E-state index contributed by atoms with van der Waals surface area (Å²) in [5, 5.41) is 3.54. The highest BCUT2D eigenvalue weighted by Gasteiger charge is 2.12. The van der Waals surface area contributed by atoms with Crippen LogP contribution in [0.4, 0.5) is 0 Å². The summed E-state index contributed by atoms with van der Waals surface area (Å²) in [6, 6.07) is 0. The Morgan fingerprint density at radius 3 is 2.90 bits per heavy atom. The van der Waals surface area contributed by atoms with Crippen molar-refractivity contribution < 1.29 is 4.79 Å². The number of amides is 1. The van der Waals surface area contributed by atoms with E-state index in [-0.39, 0.29) is 11.5 Å². The van der Waals surface area contributed by atoms with E-state index in [0.29, 0.717) is 24.9 Å². The van der Waals surface area contributed by atoms with Crippen molar-refractivity contribution in [1.82, 2.24) is 14.9 Å². The van der Waals surface area contributed by atoms with E-state index in [1.807, 2.05) is 13.8 Å². The van der Waals surface area contributed by atoms with Gasteiger partial charge in [-0.15, -0.1) is 11.3 Å². The second-order valence-electron chi connectivity index (χ2n) is 5.16. The van der Waals surface area contributed by atoms with E-state index in [9.17, 15) is 9.59 Å². The number of aryl methyl sites for hydroxylation is 3. The second kappa shape index (κ2) is 6.85. The molecule has 21 heavy (non-hydrogen) atoms. The summed E-state index contributed by atoms with van der Waals surface area (Å²) in [4.78, 5) is 30.3. The molecule has 0 bridgehead atoms. The zero-order chi connectivity index (χ0) is 15.4. The van der Waals surface area contributed by atoms with Crippen LogP contribution in [0.15, 0.2) is 11.1 Å². The van der Waals surface area contributed by atoms with Crippen molar-refractivity contribution in [3.05, 3.63) is 27.1 Å². The second-order valence-corrected chi connectivity index (χ2v) is 6.36. The van der Waals surface area contributed by atoms with Crippen molar-refractivity contribution in [2.45, 2.75) is 46.6 Å². The molecule has 0 aliphatic carbocycles. The third kappa shape index (κ3) is 3.50. The molecule has 2 heterocycles. The Morgan fingerprint density at radius 1 is 1.43 bits per heavy atom. The molecule has 2 rings (SSSR count). The molecule has 0 fully saturated rings. The molecule has 2 aromatic rings. The number of aromatic nitrogens is 2. The third-order valence-corrected chi connectivity index (χ3v) is 4.70. The minimum Gasteiger partial charge on any atom is -0.356 e. The van der Waals surface area contributed by atoms with Crippen molar-refractivity contribution in [2.75, 3.05) is 6.54 Å². The Labute approximate surface area is 128 Å². The van der Waals surface area contributed by atoms with Gasteiger partial charge in [-0.1, -0.05) is 13.3 Å². The van der Waals surface area contributed by atoms with E-state index in [0.717, 1.165) is 28.1 Å². The zero-order valence-corrected chi connectivity index (χ0v) is 13.5. The number of rotatable bonds is 6. The van der Waals surface area contributed by atoms with Crippen LogP contribution in [-0.4, -0.2) is 22.0 Å². The van der Waals surface area contributed by atoms with Crippen LogP contribution in [0.2, 0.25) is 0 Å². The van der Waals surface area contributed by atoms with E-state index in [1.54, 1.807) is 6.33 Å². The summed E-state index contributed by atoms with van der Waals surface area (Å²) in [7, 11) is 0. The summed E-state index contributed by atoms with van der Waals surface area (Å²) in [6.45, 7) is 7.09. The van der Waals surface area contributed by atoms with Gasteiger partial charge in [-0.25, -0.2) is 4.98 Å². The Morgan fingerprint density at radius 2 is 2.19 bits per heavy atom. The largest absolute Gasteiger partial charge is 0.356 e. The predicted molar refractivity (Wildman–Crippen MR) is 85.9 cm³/mol. The van der Waals surface area contributed by atoms with E-state index >= 15 is 0 Å². The fourth-order valence-electron chi connectivity index (χ4n) is 2.14. The van der Waals surface area contributed by atoms with Gasteiger partial charge in [0.15, 0.2) is 0 Å². The number of carbonyl (C=O) groups excluding carboxylic acids is 1. The number of unbranched alkanes of at least 4 members (excludes halogenated alkanes) is 1. The number of hydrogen-bond donors (Lipinski definition) is 1. The fraction of sp³-hybridized carbons (Fsp3) is 0.533. The molecule has 0 atom stereocenters. The summed E-state index contributed by atoms with van der Waals surface area (Å²) < 4.78 is 1.53. The molecule has 0 saturated carbocycles. The molecule has 0 saturated heterocycles. The van der Waals surface area contributed by atoms with Crippen LogP contribution in [0.5, 0.6) is 0 Å². The maximum absolute atomic E-state index is 12.4. The van der Waals surface area contributed by atoms with Crippen LogP contribution in [-0.2, 0) is 11.3 Å². The molecule has 114 valence electrons. The molecule has 2 aromatic heterocycles. The topological polar surface area (TPSA) is 64.0 Å². The standard InChI is InChI=1S/C15H21N3O2S/c1-4-5-7-16-12(19)6-8-18-9-17-14-13(15(18)20)10(2)11(3)21-14/h9H,4-8H2,1-3H3,(H,16,19). The number of nitrogens with zero attached hydrogens (tertiary/aromatic N) is 2. The molecule has 0 aliphatic rings. The van der Waals surface area contributed by atoms with Gasteiger partial charge in [-0.3, -0.25) is 14.2 Å². The van der Waals surface area contributed by atoms with Gasteiger partial charge >= 0.3 is 0 Å². The molecular formula is C15H21N3O2S. The maximum atomic E-state index is 12.4. The van der Waals surface area contributed by atoms with Gasteiger partial charge in [0.2, 0.25) is 5.91 Å². The number of fused-ring (bicyclic) bond motifs is 1. The zero-order valence-electron chi connectivity index (χ0n) is 12.7. The van der Waals surface area contributed by atoms with E-state index < -0.39 is 0 Å². The normalized spacial score (nSPS) is 11.0. The lowest BCUT2D eigenvalue weighted by atomic mass is 10.2. The predicted octanol–water partition coefficient (Wildman–Crippen LogP) is 2.38. The van der Waals surface area contributed by atoms with Crippen LogP contribution in [0.1, 0.15) is 36.6 Å². The van der Waals surface area contributed by atoms with Gasteiger partial charge in [0.05, 0.1) is 11.7 Å². The first-order chi connectivity index (χ1) is 10.0. The van der Waals surface area contributed by atoms with E-state index in [2.05, 4.69) is 17.2 Å². The molecule has 6 heteroatoms. The lowest BCUT2D eigenvalue weighted by molar-refractivity contribution is -0.121. The Hall–Kier alpha value is -1.69. The first kappa shape index (κ1) is 15.7. The Bertz CT molecular complexity index is 703. The molecular weight excluding hydrogens is 286 g/mol. The average molecular weight is 307 g/mol. The number of thiophene rings is 1. The van der Waals surface area contributed by atoms with Crippen LogP contribution in [0, 0.1) is 13.8 Å². The van der Waals surface area contributed by atoms with Crippen LogP contribution in [0.25, 0.3) is 10.2 Å². The van der Waals surface area contributed by atoms with Crippen molar-refractivity contribution >= 4 is 27.5 Å². The van der Waals surface area contributed by atoms with Crippen molar-refractivity contribution in [1.29, 1.82) is 0 Å². The first-order valence-electron chi connectivity index (χ1n) is 7.26. The summed E-state index contributed by atoms with van der Waals surface area (Å²) in [6.07, 6.45) is 3.88.